The van der Waals surface area contributed by atoms with Crippen molar-refractivity contribution >= 4 is 27.3 Å². The largest absolute Gasteiger partial charge is 0.370 e. The number of hydrogen-bond acceptors (Lipinski definition) is 4. The van der Waals surface area contributed by atoms with E-state index < -0.39 is 0 Å². The first-order valence-electron chi connectivity index (χ1n) is 7.11. The first-order valence-corrected chi connectivity index (χ1v) is 7.90. The summed E-state index contributed by atoms with van der Waals surface area (Å²) >= 11 is 3.47. The maximum atomic E-state index is 11.0. The topological polar surface area (TPSA) is 72.4 Å². The molecule has 1 aromatic rings. The van der Waals surface area contributed by atoms with E-state index in [9.17, 15) is 10.1 Å². The van der Waals surface area contributed by atoms with Crippen LogP contribution in [0.3, 0.4) is 0 Å². The Bertz CT molecular complexity index is 518. The first kappa shape index (κ1) is 17.9. The van der Waals surface area contributed by atoms with Crippen molar-refractivity contribution in [1.82, 2.24) is 0 Å². The summed E-state index contributed by atoms with van der Waals surface area (Å²) in [6.45, 7) is 10.4. The van der Waals surface area contributed by atoms with Crippen molar-refractivity contribution in [3.63, 3.8) is 0 Å². The van der Waals surface area contributed by atoms with Crippen molar-refractivity contribution < 1.29 is 4.92 Å². The molecule has 0 aromatic heterocycles. The van der Waals surface area contributed by atoms with Gasteiger partial charge in [-0.3, -0.25) is 10.1 Å². The molecule has 0 aliphatic rings. The second-order valence-electron chi connectivity index (χ2n) is 6.14. The van der Waals surface area contributed by atoms with Crippen molar-refractivity contribution in [1.29, 1.82) is 0 Å². The van der Waals surface area contributed by atoms with Gasteiger partial charge in [0.05, 0.1) is 10.6 Å². The van der Waals surface area contributed by atoms with Crippen LogP contribution in [-0.4, -0.2) is 24.6 Å². The summed E-state index contributed by atoms with van der Waals surface area (Å²) in [4.78, 5) is 12.9. The molecule has 0 heterocycles. The molecule has 1 rings (SSSR count). The number of anilines is 1. The van der Waals surface area contributed by atoms with E-state index in [1.807, 2.05) is 6.07 Å². The number of aryl methyl sites for hydroxylation is 1. The van der Waals surface area contributed by atoms with Gasteiger partial charge in [-0.05, 0) is 47.3 Å². The van der Waals surface area contributed by atoms with Gasteiger partial charge < -0.3 is 10.6 Å². The lowest BCUT2D eigenvalue weighted by Gasteiger charge is -2.34. The Kier molecular flexibility index (Phi) is 6.16. The quantitative estimate of drug-likeness (QED) is 0.593. The minimum absolute atomic E-state index is 0.00963. The van der Waals surface area contributed by atoms with Crippen LogP contribution in [0.1, 0.15) is 32.8 Å². The Labute approximate surface area is 134 Å². The van der Waals surface area contributed by atoms with E-state index in [0.717, 1.165) is 29.7 Å². The Hall–Kier alpha value is -1.14. The van der Waals surface area contributed by atoms with Crippen molar-refractivity contribution in [2.24, 2.45) is 11.1 Å². The zero-order valence-electron chi connectivity index (χ0n) is 13.1. The average Bonchev–Trinajstić information content (AvgIpc) is 2.40. The van der Waals surface area contributed by atoms with Gasteiger partial charge in [0, 0.05) is 29.2 Å². The standard InChI is InChI=1S/C15H24BrN3O2/c1-5-6-18(10-15(3,4)9-17)14-7-11(2)13(19(20)21)8-12(14)16/h7-8H,5-6,9-10,17H2,1-4H3. The van der Waals surface area contributed by atoms with Crippen LogP contribution in [-0.2, 0) is 0 Å². The van der Waals surface area contributed by atoms with Gasteiger partial charge in [0.25, 0.3) is 5.69 Å². The normalized spacial score (nSPS) is 11.5. The molecule has 0 unspecified atom stereocenters. The molecule has 0 fully saturated rings. The molecule has 0 spiro atoms. The zero-order chi connectivity index (χ0) is 16.2. The lowest BCUT2D eigenvalue weighted by molar-refractivity contribution is -0.385. The predicted octanol–water partition coefficient (Wildman–Crippen LogP) is 3.87. The summed E-state index contributed by atoms with van der Waals surface area (Å²) in [7, 11) is 0. The number of nitro benzene ring substituents is 1. The molecule has 6 heteroatoms. The SMILES string of the molecule is CCCN(CC(C)(C)CN)c1cc(C)c([N+](=O)[O-])cc1Br. The van der Waals surface area contributed by atoms with E-state index >= 15 is 0 Å². The molecule has 0 radical (unpaired) electrons. The molecule has 2 N–H and O–H groups in total. The van der Waals surface area contributed by atoms with Crippen molar-refractivity contribution in [2.75, 3.05) is 24.5 Å². The van der Waals surface area contributed by atoms with Crippen LogP contribution in [0.4, 0.5) is 11.4 Å². The molecule has 118 valence electrons. The summed E-state index contributed by atoms with van der Waals surface area (Å²) in [5, 5.41) is 11.0. The Morgan fingerprint density at radius 1 is 1.43 bits per heavy atom. The fourth-order valence-corrected chi connectivity index (χ4v) is 2.81. The number of rotatable bonds is 7. The van der Waals surface area contributed by atoms with Gasteiger partial charge in [-0.15, -0.1) is 0 Å². The van der Waals surface area contributed by atoms with Gasteiger partial charge >= 0.3 is 0 Å². The van der Waals surface area contributed by atoms with Crippen molar-refractivity contribution in [2.45, 2.75) is 34.1 Å². The minimum atomic E-state index is -0.349. The lowest BCUT2D eigenvalue weighted by Crippen LogP contribution is -2.39. The van der Waals surface area contributed by atoms with Gasteiger partial charge in [-0.25, -0.2) is 0 Å². The molecule has 0 saturated carbocycles. The van der Waals surface area contributed by atoms with E-state index in [-0.39, 0.29) is 16.0 Å². The number of benzene rings is 1. The van der Waals surface area contributed by atoms with Crippen molar-refractivity contribution in [3.8, 4) is 0 Å². The van der Waals surface area contributed by atoms with Crippen LogP contribution in [0.15, 0.2) is 16.6 Å². The van der Waals surface area contributed by atoms with E-state index in [1.165, 1.54) is 0 Å². The number of nitrogens with two attached hydrogens (primary N) is 1. The number of halogens is 1. The van der Waals surface area contributed by atoms with E-state index in [4.69, 9.17) is 5.73 Å². The number of hydrogen-bond donors (Lipinski definition) is 1. The molecule has 0 aliphatic heterocycles. The van der Waals surface area contributed by atoms with Crippen LogP contribution in [0.25, 0.3) is 0 Å². The van der Waals surface area contributed by atoms with Gasteiger partial charge in [0.15, 0.2) is 0 Å². The van der Waals surface area contributed by atoms with Crippen LogP contribution in [0.2, 0.25) is 0 Å². The summed E-state index contributed by atoms with van der Waals surface area (Å²) in [6, 6.07) is 3.47. The maximum absolute atomic E-state index is 11.0. The third-order valence-corrected chi connectivity index (χ3v) is 4.10. The monoisotopic (exact) mass is 357 g/mol. The Morgan fingerprint density at radius 2 is 2.05 bits per heavy atom. The van der Waals surface area contributed by atoms with Crippen LogP contribution in [0.5, 0.6) is 0 Å². The first-order chi connectivity index (χ1) is 9.71. The second-order valence-corrected chi connectivity index (χ2v) is 6.99. The van der Waals surface area contributed by atoms with Gasteiger partial charge in [-0.1, -0.05) is 20.8 Å². The molecular weight excluding hydrogens is 334 g/mol. The third kappa shape index (κ3) is 4.68. The molecule has 0 saturated heterocycles. The summed E-state index contributed by atoms with van der Waals surface area (Å²) in [5.41, 5.74) is 7.62. The Balaban J connectivity index is 3.20. The molecule has 21 heavy (non-hydrogen) atoms. The maximum Gasteiger partial charge on any atom is 0.273 e. The molecule has 0 amide bonds. The summed E-state index contributed by atoms with van der Waals surface area (Å²) < 4.78 is 0.751. The fourth-order valence-electron chi connectivity index (χ4n) is 2.23. The lowest BCUT2D eigenvalue weighted by atomic mass is 9.92. The van der Waals surface area contributed by atoms with Crippen LogP contribution < -0.4 is 10.6 Å². The average molecular weight is 358 g/mol. The van der Waals surface area contributed by atoms with E-state index in [2.05, 4.69) is 41.6 Å². The van der Waals surface area contributed by atoms with E-state index in [0.29, 0.717) is 12.1 Å². The molecular formula is C15H24BrN3O2. The smallest absolute Gasteiger partial charge is 0.273 e. The van der Waals surface area contributed by atoms with E-state index in [1.54, 1.807) is 13.0 Å². The predicted molar refractivity (Wildman–Crippen MR) is 90.9 cm³/mol. The summed E-state index contributed by atoms with van der Waals surface area (Å²) in [6.07, 6.45) is 1.00. The molecule has 0 aliphatic carbocycles. The fraction of sp³-hybridized carbons (Fsp3) is 0.600. The van der Waals surface area contributed by atoms with Gasteiger partial charge in [-0.2, -0.15) is 0 Å². The van der Waals surface area contributed by atoms with Gasteiger partial charge in [0.2, 0.25) is 0 Å². The molecule has 1 aromatic carbocycles. The summed E-state index contributed by atoms with van der Waals surface area (Å²) in [5.74, 6) is 0. The minimum Gasteiger partial charge on any atom is -0.370 e. The number of nitro groups is 1. The highest BCUT2D eigenvalue weighted by Gasteiger charge is 2.23. The molecule has 0 bridgehead atoms. The molecule has 0 atom stereocenters. The third-order valence-electron chi connectivity index (χ3n) is 3.47. The molecule has 5 nitrogen and oxygen atoms in total. The van der Waals surface area contributed by atoms with Crippen molar-refractivity contribution in [3.05, 3.63) is 32.3 Å². The zero-order valence-corrected chi connectivity index (χ0v) is 14.7. The Morgan fingerprint density at radius 3 is 2.52 bits per heavy atom. The number of nitrogens with zero attached hydrogens (tertiary/aromatic N) is 2. The van der Waals surface area contributed by atoms with Crippen LogP contribution >= 0.6 is 15.9 Å². The highest BCUT2D eigenvalue weighted by atomic mass is 79.9. The second kappa shape index (κ2) is 7.22. The highest BCUT2D eigenvalue weighted by molar-refractivity contribution is 9.10. The highest BCUT2D eigenvalue weighted by Crippen LogP contribution is 2.34. The van der Waals surface area contributed by atoms with Gasteiger partial charge in [0.1, 0.15) is 0 Å². The van der Waals surface area contributed by atoms with Crippen LogP contribution in [0, 0.1) is 22.5 Å².